The Bertz CT molecular complexity index is 1120. The minimum absolute atomic E-state index is 0.0613. The van der Waals surface area contributed by atoms with Gasteiger partial charge in [-0.2, -0.15) is 0 Å². The second kappa shape index (κ2) is 12.5. The van der Waals surface area contributed by atoms with E-state index in [2.05, 4.69) is 78.4 Å². The molecule has 1 aliphatic rings. The molecule has 0 saturated carbocycles. The Morgan fingerprint density at radius 3 is 2.49 bits per heavy atom. The van der Waals surface area contributed by atoms with Crippen molar-refractivity contribution in [3.8, 4) is 0 Å². The lowest BCUT2D eigenvalue weighted by Crippen LogP contribution is -2.35. The summed E-state index contributed by atoms with van der Waals surface area (Å²) in [5.41, 5.74) is 8.53. The van der Waals surface area contributed by atoms with Crippen molar-refractivity contribution in [2.24, 2.45) is 5.92 Å². The number of nitrogens with two attached hydrogens (primary N) is 1. The van der Waals surface area contributed by atoms with E-state index in [1.807, 2.05) is 24.3 Å². The highest BCUT2D eigenvalue weighted by Crippen LogP contribution is 2.23. The van der Waals surface area contributed by atoms with Crippen molar-refractivity contribution >= 4 is 51.7 Å². The number of nitrogens with one attached hydrogen (secondary N) is 2. The van der Waals surface area contributed by atoms with Crippen molar-refractivity contribution < 1.29 is 4.79 Å². The van der Waals surface area contributed by atoms with Crippen molar-refractivity contribution in [2.75, 3.05) is 30.7 Å². The molecule has 4 rings (SSSR count). The van der Waals surface area contributed by atoms with E-state index in [0.29, 0.717) is 24.8 Å². The monoisotopic (exact) mass is 604 g/mol. The van der Waals surface area contributed by atoms with Crippen LogP contribution in [0, 0.1) is 9.49 Å². The summed E-state index contributed by atoms with van der Waals surface area (Å²) >= 11 is 8.55. The van der Waals surface area contributed by atoms with Gasteiger partial charge in [0.15, 0.2) is 22.5 Å². The van der Waals surface area contributed by atoms with Crippen molar-refractivity contribution in [3.05, 3.63) is 80.1 Å². The number of rotatable bonds is 9. The van der Waals surface area contributed by atoms with E-state index in [4.69, 9.17) is 17.3 Å². The number of benzene rings is 2. The number of hydrogen-bond donors (Lipinski definition) is 3. The molecule has 2 aromatic carbocycles. The fraction of sp³-hybridized carbons (Fsp3) is 0.346. The topological polar surface area (TPSA) is 96.2 Å². The molecule has 1 fully saturated rings. The van der Waals surface area contributed by atoms with Crippen LogP contribution in [0.5, 0.6) is 0 Å². The van der Waals surface area contributed by atoms with Crippen LogP contribution in [0.25, 0.3) is 0 Å². The van der Waals surface area contributed by atoms with Gasteiger partial charge in [0, 0.05) is 23.2 Å². The summed E-state index contributed by atoms with van der Waals surface area (Å²) in [6, 6.07) is 18.7. The number of carbonyl (C=O) groups is 1. The minimum atomic E-state index is -0.345. The average molecular weight is 605 g/mol. The second-order valence-electron chi connectivity index (χ2n) is 8.83. The molecule has 184 valence electrons. The largest absolute Gasteiger partial charge is 0.382 e. The van der Waals surface area contributed by atoms with E-state index in [1.54, 1.807) is 0 Å². The Kier molecular flexibility index (Phi) is 9.17. The van der Waals surface area contributed by atoms with Crippen molar-refractivity contribution in [1.82, 2.24) is 20.2 Å². The second-order valence-corrected chi connectivity index (χ2v) is 10.4. The third-order valence-electron chi connectivity index (χ3n) is 6.26. The summed E-state index contributed by atoms with van der Waals surface area (Å²) in [5, 5.41) is 6.20. The maximum absolute atomic E-state index is 12.7. The number of hydrogen-bond acceptors (Lipinski definition) is 6. The van der Waals surface area contributed by atoms with E-state index in [9.17, 15) is 4.79 Å². The molecule has 0 radical (unpaired) electrons. The Balaban J connectivity index is 1.21. The molecule has 7 nitrogen and oxygen atoms in total. The van der Waals surface area contributed by atoms with Crippen LogP contribution in [0.3, 0.4) is 0 Å². The molecule has 0 unspecified atom stereocenters. The van der Waals surface area contributed by atoms with Gasteiger partial charge in [0.05, 0.1) is 0 Å². The fourth-order valence-corrected chi connectivity index (χ4v) is 4.80. The molecule has 4 N–H and O–H groups in total. The maximum Gasteiger partial charge on any atom is 0.273 e. The number of amides is 1. The van der Waals surface area contributed by atoms with E-state index in [1.165, 1.54) is 5.56 Å². The molecule has 1 saturated heterocycles. The Morgan fingerprint density at radius 1 is 1.06 bits per heavy atom. The Labute approximate surface area is 225 Å². The van der Waals surface area contributed by atoms with E-state index >= 15 is 0 Å². The number of nitrogens with zero attached hydrogens (tertiary/aromatic N) is 3. The highest BCUT2D eigenvalue weighted by atomic mass is 127. The van der Waals surface area contributed by atoms with Crippen LogP contribution >= 0.6 is 34.2 Å². The van der Waals surface area contributed by atoms with Gasteiger partial charge in [-0.05, 0) is 84.1 Å². The van der Waals surface area contributed by atoms with Gasteiger partial charge < -0.3 is 16.4 Å². The zero-order valence-electron chi connectivity index (χ0n) is 19.5. The molecule has 0 atom stereocenters. The number of aromatic nitrogens is 2. The van der Waals surface area contributed by atoms with Crippen molar-refractivity contribution in [2.45, 2.75) is 32.4 Å². The highest BCUT2D eigenvalue weighted by Gasteiger charge is 2.21. The molecule has 9 heteroatoms. The van der Waals surface area contributed by atoms with Gasteiger partial charge in [-0.25, -0.2) is 9.97 Å². The van der Waals surface area contributed by atoms with Gasteiger partial charge >= 0.3 is 0 Å². The van der Waals surface area contributed by atoms with Crippen LogP contribution in [0.1, 0.15) is 40.9 Å². The standard InChI is InChI=1S/C26H30ClIN6O/c27-23-25(31-16-19-6-8-21(28)9-7-19)33-24(29)22(32-23)26(35)30-13-10-18-11-14-34(15-12-18)17-20-4-2-1-3-5-20/h1-9,18H,10-17H2,(H,30,35)(H3,29,31,33). The molecule has 1 aromatic heterocycles. The fourth-order valence-electron chi connectivity index (χ4n) is 4.24. The summed E-state index contributed by atoms with van der Waals surface area (Å²) in [6.07, 6.45) is 3.20. The number of likely N-dealkylation sites (tertiary alicyclic amines) is 1. The van der Waals surface area contributed by atoms with Crippen molar-refractivity contribution in [1.29, 1.82) is 0 Å². The van der Waals surface area contributed by atoms with Crippen molar-refractivity contribution in [3.63, 3.8) is 0 Å². The maximum atomic E-state index is 12.7. The number of nitrogen functional groups attached to an aromatic ring is 1. The predicted octanol–water partition coefficient (Wildman–Crippen LogP) is 4.96. The van der Waals surface area contributed by atoms with Crippen LogP contribution in [0.2, 0.25) is 5.15 Å². The molecular weight excluding hydrogens is 575 g/mol. The van der Waals surface area contributed by atoms with E-state index in [0.717, 1.165) is 48.0 Å². The van der Waals surface area contributed by atoms with E-state index in [-0.39, 0.29) is 22.6 Å². The van der Waals surface area contributed by atoms with Gasteiger partial charge in [-0.15, -0.1) is 0 Å². The molecular formula is C26H30ClIN6O. The van der Waals surface area contributed by atoms with Crippen LogP contribution < -0.4 is 16.4 Å². The first-order chi connectivity index (χ1) is 17.0. The van der Waals surface area contributed by atoms with Gasteiger partial charge in [0.25, 0.3) is 5.91 Å². The lowest BCUT2D eigenvalue weighted by Gasteiger charge is -2.32. The molecule has 0 spiro atoms. The first kappa shape index (κ1) is 25.7. The van der Waals surface area contributed by atoms with E-state index < -0.39 is 0 Å². The lowest BCUT2D eigenvalue weighted by molar-refractivity contribution is 0.0943. The summed E-state index contributed by atoms with van der Waals surface area (Å²) in [4.78, 5) is 23.6. The number of halogens is 2. The molecule has 0 aliphatic carbocycles. The normalized spacial score (nSPS) is 14.6. The van der Waals surface area contributed by atoms with Crippen LogP contribution in [-0.4, -0.2) is 40.4 Å². The summed E-state index contributed by atoms with van der Waals surface area (Å²) < 4.78 is 1.16. The quantitative estimate of drug-likeness (QED) is 0.299. The molecule has 1 amide bonds. The number of anilines is 2. The Morgan fingerprint density at radius 2 is 1.77 bits per heavy atom. The minimum Gasteiger partial charge on any atom is -0.382 e. The van der Waals surface area contributed by atoms with Gasteiger partial charge in [0.2, 0.25) is 0 Å². The average Bonchev–Trinajstić information content (AvgIpc) is 2.87. The molecule has 0 bridgehead atoms. The summed E-state index contributed by atoms with van der Waals surface area (Å²) in [7, 11) is 0. The number of piperidine rings is 1. The SMILES string of the molecule is Nc1nc(NCc2ccc(I)cc2)c(Cl)nc1C(=O)NCCC1CCN(Cc2ccccc2)CC1. The third-order valence-corrected chi connectivity index (χ3v) is 7.25. The zero-order chi connectivity index (χ0) is 24.6. The van der Waals surface area contributed by atoms with Crippen LogP contribution in [0.15, 0.2) is 54.6 Å². The first-order valence-electron chi connectivity index (χ1n) is 11.8. The zero-order valence-corrected chi connectivity index (χ0v) is 22.4. The smallest absolute Gasteiger partial charge is 0.273 e. The summed E-state index contributed by atoms with van der Waals surface area (Å²) in [5.74, 6) is 0.678. The van der Waals surface area contributed by atoms with Gasteiger partial charge in [-0.1, -0.05) is 54.1 Å². The highest BCUT2D eigenvalue weighted by molar-refractivity contribution is 14.1. The van der Waals surface area contributed by atoms with Gasteiger partial charge in [0.1, 0.15) is 0 Å². The predicted molar refractivity (Wildman–Crippen MR) is 149 cm³/mol. The van der Waals surface area contributed by atoms with Crippen LogP contribution in [-0.2, 0) is 13.1 Å². The van der Waals surface area contributed by atoms with Gasteiger partial charge in [-0.3, -0.25) is 9.69 Å². The lowest BCUT2D eigenvalue weighted by atomic mass is 9.93. The van der Waals surface area contributed by atoms with Crippen LogP contribution in [0.4, 0.5) is 11.6 Å². The molecule has 35 heavy (non-hydrogen) atoms. The number of carbonyl (C=O) groups excluding carboxylic acids is 1. The first-order valence-corrected chi connectivity index (χ1v) is 13.3. The molecule has 1 aliphatic heterocycles. The molecule has 2 heterocycles. The third kappa shape index (κ3) is 7.52. The Hall–Kier alpha value is -2.43. The summed E-state index contributed by atoms with van der Waals surface area (Å²) in [6.45, 7) is 4.27. The molecule has 3 aromatic rings.